The van der Waals surface area contributed by atoms with Gasteiger partial charge >= 0.3 is 0 Å². The van der Waals surface area contributed by atoms with E-state index in [1.165, 1.54) is 0 Å². The summed E-state index contributed by atoms with van der Waals surface area (Å²) in [7, 11) is 0. The van der Waals surface area contributed by atoms with E-state index in [0.717, 1.165) is 26.4 Å². The van der Waals surface area contributed by atoms with Gasteiger partial charge in [0.1, 0.15) is 4.60 Å². The summed E-state index contributed by atoms with van der Waals surface area (Å²) < 4.78 is 0.841. The number of halogens is 1. The standard InChI is InChI=1S/C12H7BrN2.Cu/c13-10-6-5-9-4-3-8-2-1-7-14-11(8)12(9)15-10;/h1-7H;. The maximum atomic E-state index is 4.46. The summed E-state index contributed by atoms with van der Waals surface area (Å²) in [6.45, 7) is 0. The van der Waals surface area contributed by atoms with E-state index in [9.17, 15) is 0 Å². The van der Waals surface area contributed by atoms with Gasteiger partial charge in [0.2, 0.25) is 0 Å². The van der Waals surface area contributed by atoms with Crippen molar-refractivity contribution in [1.82, 2.24) is 9.97 Å². The number of pyridine rings is 2. The Morgan fingerprint density at radius 1 is 0.875 bits per heavy atom. The average Bonchev–Trinajstić information content (AvgIpc) is 2.29. The van der Waals surface area contributed by atoms with Crippen LogP contribution in [0.4, 0.5) is 0 Å². The van der Waals surface area contributed by atoms with Crippen LogP contribution in [0, 0.1) is 0 Å². The van der Waals surface area contributed by atoms with Crippen LogP contribution in [-0.2, 0) is 17.1 Å². The van der Waals surface area contributed by atoms with Crippen LogP contribution in [0.15, 0.2) is 47.2 Å². The number of hydrogen-bond acceptors (Lipinski definition) is 2. The van der Waals surface area contributed by atoms with Crippen molar-refractivity contribution < 1.29 is 17.1 Å². The molecule has 1 aromatic carbocycles. The van der Waals surface area contributed by atoms with Gasteiger partial charge in [-0.05, 0) is 28.1 Å². The molecule has 2 aromatic heterocycles. The molecule has 1 radical (unpaired) electrons. The van der Waals surface area contributed by atoms with Gasteiger partial charge in [-0.1, -0.05) is 24.3 Å². The summed E-state index contributed by atoms with van der Waals surface area (Å²) in [4.78, 5) is 8.83. The predicted molar refractivity (Wildman–Crippen MR) is 64.7 cm³/mol. The molecule has 0 atom stereocenters. The molecule has 0 spiro atoms. The van der Waals surface area contributed by atoms with E-state index in [1.807, 2.05) is 24.3 Å². The van der Waals surface area contributed by atoms with E-state index in [2.05, 4.69) is 38.0 Å². The van der Waals surface area contributed by atoms with Crippen LogP contribution >= 0.6 is 15.9 Å². The van der Waals surface area contributed by atoms with Crippen LogP contribution in [0.3, 0.4) is 0 Å². The van der Waals surface area contributed by atoms with Crippen LogP contribution in [0.2, 0.25) is 0 Å². The van der Waals surface area contributed by atoms with Gasteiger partial charge in [-0.3, -0.25) is 4.98 Å². The molecule has 3 aromatic rings. The first-order valence-corrected chi connectivity index (χ1v) is 5.44. The number of nitrogens with zero attached hydrogens (tertiary/aromatic N) is 2. The average molecular weight is 323 g/mol. The fourth-order valence-corrected chi connectivity index (χ4v) is 2.01. The molecule has 0 aliphatic carbocycles. The number of benzene rings is 1. The van der Waals surface area contributed by atoms with Gasteiger partial charge < -0.3 is 0 Å². The van der Waals surface area contributed by atoms with E-state index in [0.29, 0.717) is 0 Å². The van der Waals surface area contributed by atoms with Crippen molar-refractivity contribution >= 4 is 37.7 Å². The normalized spacial score (nSPS) is 10.3. The Labute approximate surface area is 112 Å². The summed E-state index contributed by atoms with van der Waals surface area (Å²) in [6.07, 6.45) is 1.80. The van der Waals surface area contributed by atoms with Gasteiger partial charge in [-0.15, -0.1) is 0 Å². The fourth-order valence-electron chi connectivity index (χ4n) is 1.70. The minimum atomic E-state index is 0. The van der Waals surface area contributed by atoms with Gasteiger partial charge in [0, 0.05) is 34.0 Å². The van der Waals surface area contributed by atoms with Crippen LogP contribution in [0.25, 0.3) is 21.8 Å². The van der Waals surface area contributed by atoms with Gasteiger partial charge in [-0.25, -0.2) is 4.98 Å². The minimum Gasteiger partial charge on any atom is -0.254 e. The molecule has 0 bridgehead atoms. The molecule has 0 amide bonds. The van der Waals surface area contributed by atoms with Crippen LogP contribution in [-0.4, -0.2) is 9.97 Å². The van der Waals surface area contributed by atoms with Gasteiger partial charge in [0.15, 0.2) is 0 Å². The van der Waals surface area contributed by atoms with Crippen molar-refractivity contribution in [3.8, 4) is 0 Å². The summed E-state index contributed by atoms with van der Waals surface area (Å²) in [5, 5.41) is 2.24. The van der Waals surface area contributed by atoms with E-state index in [1.54, 1.807) is 6.20 Å². The maximum absolute atomic E-state index is 4.46. The topological polar surface area (TPSA) is 25.8 Å². The first-order chi connectivity index (χ1) is 7.34. The molecule has 3 rings (SSSR count). The minimum absolute atomic E-state index is 0. The zero-order chi connectivity index (χ0) is 10.3. The monoisotopic (exact) mass is 321 g/mol. The van der Waals surface area contributed by atoms with Crippen LogP contribution < -0.4 is 0 Å². The smallest absolute Gasteiger partial charge is 0.106 e. The molecule has 2 nitrogen and oxygen atoms in total. The molecular formula is C12H7BrCuN2. The summed E-state index contributed by atoms with van der Waals surface area (Å²) in [5.41, 5.74) is 1.90. The zero-order valence-electron chi connectivity index (χ0n) is 8.12. The Morgan fingerprint density at radius 2 is 1.56 bits per heavy atom. The second kappa shape index (κ2) is 4.50. The quantitative estimate of drug-likeness (QED) is 0.359. The van der Waals surface area contributed by atoms with Crippen molar-refractivity contribution in [2.75, 3.05) is 0 Å². The van der Waals surface area contributed by atoms with Gasteiger partial charge in [-0.2, -0.15) is 0 Å². The SMILES string of the molecule is Brc1ccc2ccc3cccnc3c2n1.[Cu]. The van der Waals surface area contributed by atoms with Crippen LogP contribution in [0.1, 0.15) is 0 Å². The first kappa shape index (κ1) is 11.5. The molecule has 0 N–H and O–H groups in total. The zero-order valence-corrected chi connectivity index (χ0v) is 10.6. The maximum Gasteiger partial charge on any atom is 0.106 e. The van der Waals surface area contributed by atoms with Crippen LogP contribution in [0.5, 0.6) is 0 Å². The summed E-state index contributed by atoms with van der Waals surface area (Å²) in [6, 6.07) is 12.1. The third-order valence-electron chi connectivity index (χ3n) is 2.40. The number of rotatable bonds is 0. The van der Waals surface area contributed by atoms with Crippen molar-refractivity contribution in [1.29, 1.82) is 0 Å². The molecular weight excluding hydrogens is 316 g/mol. The summed E-state index contributed by atoms with van der Waals surface area (Å²) >= 11 is 3.38. The van der Waals surface area contributed by atoms with E-state index < -0.39 is 0 Å². The van der Waals surface area contributed by atoms with Crippen molar-refractivity contribution in [3.05, 3.63) is 47.2 Å². The molecule has 0 aliphatic rings. The van der Waals surface area contributed by atoms with E-state index >= 15 is 0 Å². The molecule has 4 heteroatoms. The molecule has 0 unspecified atom stereocenters. The number of aromatic nitrogens is 2. The Morgan fingerprint density at radius 3 is 2.38 bits per heavy atom. The van der Waals surface area contributed by atoms with Crippen molar-refractivity contribution in [2.24, 2.45) is 0 Å². The largest absolute Gasteiger partial charge is 0.254 e. The number of fused-ring (bicyclic) bond motifs is 3. The molecule has 0 saturated heterocycles. The Balaban J connectivity index is 0.000000963. The Hall–Kier alpha value is -0.961. The molecule has 16 heavy (non-hydrogen) atoms. The van der Waals surface area contributed by atoms with Gasteiger partial charge in [0.25, 0.3) is 0 Å². The molecule has 0 fully saturated rings. The first-order valence-electron chi connectivity index (χ1n) is 4.64. The second-order valence-corrected chi connectivity index (χ2v) is 4.16. The van der Waals surface area contributed by atoms with Crippen molar-refractivity contribution in [2.45, 2.75) is 0 Å². The Kier molecular flexibility index (Phi) is 3.24. The number of hydrogen-bond donors (Lipinski definition) is 0. The molecule has 83 valence electrons. The fraction of sp³-hybridized carbons (Fsp3) is 0. The second-order valence-electron chi connectivity index (χ2n) is 3.35. The molecule has 2 heterocycles. The third kappa shape index (κ3) is 1.84. The van der Waals surface area contributed by atoms with E-state index in [4.69, 9.17) is 0 Å². The van der Waals surface area contributed by atoms with Gasteiger partial charge in [0.05, 0.1) is 11.0 Å². The van der Waals surface area contributed by atoms with Crippen molar-refractivity contribution in [3.63, 3.8) is 0 Å². The third-order valence-corrected chi connectivity index (χ3v) is 2.84. The predicted octanol–water partition coefficient (Wildman–Crippen LogP) is 3.54. The summed E-state index contributed by atoms with van der Waals surface area (Å²) in [5.74, 6) is 0. The Bertz CT molecular complexity index is 655. The molecule has 0 aliphatic heterocycles. The molecule has 0 saturated carbocycles. The van der Waals surface area contributed by atoms with E-state index in [-0.39, 0.29) is 17.1 Å².